The largest absolute Gasteiger partial charge is 0.438 e. The monoisotopic (exact) mass is 370 g/mol. The van der Waals surface area contributed by atoms with Gasteiger partial charge in [-0.1, -0.05) is 23.2 Å². The second-order valence-corrected chi connectivity index (χ2v) is 7.68. The number of carbonyl (C=O) groups is 1. The lowest BCUT2D eigenvalue weighted by Crippen LogP contribution is -2.54. The number of H-pyrrole nitrogens is 1. The molecule has 2 heterocycles. The first-order valence-corrected chi connectivity index (χ1v) is 8.49. The molecule has 1 fully saturated rings. The minimum absolute atomic E-state index is 0.327. The summed E-state index contributed by atoms with van der Waals surface area (Å²) in [5.74, 6) is 0. The molecule has 0 unspecified atom stereocenters. The molecular weight excluding hydrogens is 351 g/mol. The molecule has 2 aromatic rings. The van der Waals surface area contributed by atoms with Crippen molar-refractivity contribution in [2.45, 2.75) is 45.4 Å². The fourth-order valence-corrected chi connectivity index (χ4v) is 3.67. The predicted octanol–water partition coefficient (Wildman–Crippen LogP) is 4.26. The minimum atomic E-state index is -1.38. The maximum atomic E-state index is 12.1. The Balaban J connectivity index is 1.92. The van der Waals surface area contributed by atoms with E-state index in [1.807, 2.05) is 13.0 Å². The van der Waals surface area contributed by atoms with Crippen LogP contribution in [0.1, 0.15) is 32.0 Å². The van der Waals surface area contributed by atoms with Gasteiger partial charge in [-0.25, -0.2) is 4.79 Å². The summed E-state index contributed by atoms with van der Waals surface area (Å²) in [5.41, 5.74) is 0.457. The number of aromatic nitrogens is 1. The summed E-state index contributed by atoms with van der Waals surface area (Å²) in [4.78, 5) is 16.7. The number of carbonyl (C=O) groups excluding carboxylic acids is 1. The summed E-state index contributed by atoms with van der Waals surface area (Å²) < 4.78 is 5.29. The van der Waals surface area contributed by atoms with Crippen LogP contribution in [0.25, 0.3) is 10.9 Å². The summed E-state index contributed by atoms with van der Waals surface area (Å²) >= 11 is 12.4. The van der Waals surface area contributed by atoms with Crippen molar-refractivity contribution < 1.29 is 14.6 Å². The van der Waals surface area contributed by atoms with Crippen molar-refractivity contribution >= 4 is 40.2 Å². The molecule has 5 nitrogen and oxygen atoms in total. The number of hydrogen-bond donors (Lipinski definition) is 2. The van der Waals surface area contributed by atoms with Crippen molar-refractivity contribution in [3.8, 4) is 0 Å². The molecule has 1 saturated heterocycles. The van der Waals surface area contributed by atoms with E-state index in [1.54, 1.807) is 26.8 Å². The third-order valence-corrected chi connectivity index (χ3v) is 5.48. The molecule has 1 aromatic carbocycles. The maximum absolute atomic E-state index is 12.1. The number of aryl methyl sites for hydroxylation is 1. The van der Waals surface area contributed by atoms with E-state index in [0.717, 1.165) is 22.2 Å². The highest BCUT2D eigenvalue weighted by molar-refractivity contribution is 6.38. The molecule has 0 spiro atoms. The zero-order chi connectivity index (χ0) is 17.9. The van der Waals surface area contributed by atoms with Gasteiger partial charge in [0.2, 0.25) is 0 Å². The maximum Gasteiger partial charge on any atom is 0.412 e. The molecule has 7 heteroatoms. The normalized spacial score (nSPS) is 23.1. The molecule has 24 heavy (non-hydrogen) atoms. The zero-order valence-corrected chi connectivity index (χ0v) is 15.5. The van der Waals surface area contributed by atoms with Gasteiger partial charge in [0.05, 0.1) is 10.5 Å². The zero-order valence-electron chi connectivity index (χ0n) is 14.0. The molecule has 130 valence electrons. The Bertz CT molecular complexity index is 827. The molecule has 1 aliphatic heterocycles. The van der Waals surface area contributed by atoms with Crippen LogP contribution in [0.5, 0.6) is 0 Å². The van der Waals surface area contributed by atoms with E-state index in [1.165, 1.54) is 4.90 Å². The van der Waals surface area contributed by atoms with E-state index in [4.69, 9.17) is 27.9 Å². The fourth-order valence-electron chi connectivity index (χ4n) is 3.13. The van der Waals surface area contributed by atoms with Gasteiger partial charge in [-0.3, -0.25) is 4.90 Å². The van der Waals surface area contributed by atoms with Crippen LogP contribution in [0.3, 0.4) is 0 Å². The predicted molar refractivity (Wildman–Crippen MR) is 94.6 cm³/mol. The average molecular weight is 371 g/mol. The number of benzene rings is 1. The molecule has 1 amide bonds. The Morgan fingerprint density at radius 1 is 1.29 bits per heavy atom. The number of cyclic esters (lactones) is 1. The highest BCUT2D eigenvalue weighted by Crippen LogP contribution is 2.38. The van der Waals surface area contributed by atoms with Gasteiger partial charge in [0.15, 0.2) is 11.3 Å². The molecule has 1 atom stereocenters. The molecule has 1 aliphatic rings. The number of ether oxygens (including phenoxy) is 1. The Hall–Kier alpha value is -1.43. The standard InChI is InChI=1S/C17H20Cl2N2O3/c1-9-11(12-7-10(18)8-13(19)14(12)20-9)5-6-21-15(22)24-16(2,3)17(21,4)23/h7-8,20,23H,5-6H2,1-4H3/t17-/m0/s1. The third-order valence-electron chi connectivity index (χ3n) is 4.96. The number of nitrogens with one attached hydrogen (secondary N) is 1. The smallest absolute Gasteiger partial charge is 0.412 e. The number of halogens is 2. The fraction of sp³-hybridized carbons (Fsp3) is 0.471. The summed E-state index contributed by atoms with van der Waals surface area (Å²) in [5, 5.41) is 12.7. The lowest BCUT2D eigenvalue weighted by molar-refractivity contribution is -0.126. The van der Waals surface area contributed by atoms with Crippen molar-refractivity contribution in [1.29, 1.82) is 0 Å². The SMILES string of the molecule is Cc1[nH]c2c(Cl)cc(Cl)cc2c1CCN1C(=O)OC(C)(C)[C@]1(C)O. The van der Waals surface area contributed by atoms with Crippen LogP contribution in [0.15, 0.2) is 12.1 Å². The number of nitrogens with zero attached hydrogens (tertiary/aromatic N) is 1. The number of aliphatic hydroxyl groups is 1. The first-order chi connectivity index (χ1) is 11.0. The summed E-state index contributed by atoms with van der Waals surface area (Å²) in [6.45, 7) is 7.26. The van der Waals surface area contributed by atoms with Gasteiger partial charge >= 0.3 is 6.09 Å². The van der Waals surface area contributed by atoms with E-state index < -0.39 is 17.4 Å². The highest BCUT2D eigenvalue weighted by atomic mass is 35.5. The summed E-state index contributed by atoms with van der Waals surface area (Å²) in [7, 11) is 0. The van der Waals surface area contributed by atoms with Crippen LogP contribution >= 0.6 is 23.2 Å². The second kappa shape index (κ2) is 5.55. The van der Waals surface area contributed by atoms with Crippen molar-refractivity contribution in [3.05, 3.63) is 33.4 Å². The van der Waals surface area contributed by atoms with Crippen LogP contribution in [0, 0.1) is 6.92 Å². The minimum Gasteiger partial charge on any atom is -0.438 e. The van der Waals surface area contributed by atoms with Gasteiger partial charge in [-0.05, 0) is 51.8 Å². The molecule has 0 saturated carbocycles. The number of amides is 1. The molecule has 0 bridgehead atoms. The Kier molecular flexibility index (Phi) is 4.02. The quantitative estimate of drug-likeness (QED) is 0.847. The lowest BCUT2D eigenvalue weighted by atomic mass is 9.95. The highest BCUT2D eigenvalue weighted by Gasteiger charge is 2.56. The van der Waals surface area contributed by atoms with E-state index in [9.17, 15) is 9.90 Å². The first-order valence-electron chi connectivity index (χ1n) is 7.74. The van der Waals surface area contributed by atoms with Crippen LogP contribution < -0.4 is 0 Å². The van der Waals surface area contributed by atoms with Gasteiger partial charge in [-0.15, -0.1) is 0 Å². The average Bonchev–Trinajstić information content (AvgIpc) is 2.82. The molecular formula is C17H20Cl2N2O3. The topological polar surface area (TPSA) is 65.6 Å². The van der Waals surface area contributed by atoms with Gasteiger partial charge in [0, 0.05) is 22.6 Å². The molecule has 3 rings (SSSR count). The van der Waals surface area contributed by atoms with Crippen LogP contribution in [0.4, 0.5) is 4.79 Å². The van der Waals surface area contributed by atoms with Gasteiger partial charge < -0.3 is 14.8 Å². The Morgan fingerprint density at radius 3 is 2.54 bits per heavy atom. The number of rotatable bonds is 3. The van der Waals surface area contributed by atoms with Crippen molar-refractivity contribution in [2.75, 3.05) is 6.54 Å². The van der Waals surface area contributed by atoms with Crippen LogP contribution in [0.2, 0.25) is 10.0 Å². The van der Waals surface area contributed by atoms with E-state index in [0.29, 0.717) is 23.0 Å². The molecule has 2 N–H and O–H groups in total. The number of hydrogen-bond acceptors (Lipinski definition) is 3. The second-order valence-electron chi connectivity index (χ2n) is 6.84. The lowest BCUT2D eigenvalue weighted by Gasteiger charge is -2.34. The third kappa shape index (κ3) is 2.55. The van der Waals surface area contributed by atoms with Gasteiger partial charge in [0.1, 0.15) is 0 Å². The van der Waals surface area contributed by atoms with E-state index >= 15 is 0 Å². The first kappa shape index (κ1) is 17.4. The van der Waals surface area contributed by atoms with Crippen LogP contribution in [-0.2, 0) is 11.2 Å². The number of fused-ring (bicyclic) bond motifs is 1. The van der Waals surface area contributed by atoms with Crippen molar-refractivity contribution in [1.82, 2.24) is 9.88 Å². The summed E-state index contributed by atoms with van der Waals surface area (Å²) in [6, 6.07) is 3.54. The van der Waals surface area contributed by atoms with Gasteiger partial charge in [-0.2, -0.15) is 0 Å². The number of aromatic amines is 1. The molecule has 0 aliphatic carbocycles. The van der Waals surface area contributed by atoms with Gasteiger partial charge in [0.25, 0.3) is 0 Å². The van der Waals surface area contributed by atoms with Crippen molar-refractivity contribution in [2.24, 2.45) is 0 Å². The van der Waals surface area contributed by atoms with E-state index in [-0.39, 0.29) is 0 Å². The summed E-state index contributed by atoms with van der Waals surface area (Å²) in [6.07, 6.45) is 0.0302. The molecule has 0 radical (unpaired) electrons. The van der Waals surface area contributed by atoms with Crippen molar-refractivity contribution in [3.63, 3.8) is 0 Å². The molecule has 1 aromatic heterocycles. The Labute approximate surface area is 150 Å². The van der Waals surface area contributed by atoms with Crippen LogP contribution in [-0.4, -0.2) is 39.0 Å². The Morgan fingerprint density at radius 2 is 1.96 bits per heavy atom. The van der Waals surface area contributed by atoms with E-state index in [2.05, 4.69) is 4.98 Å².